The average molecular weight is 355 g/mol. The first-order valence-corrected chi connectivity index (χ1v) is 9.26. The maximum atomic E-state index is 13.2. The SMILES string of the molecule is COc1cccc(C2Cn3ccnc3CN2C(=O)CC2CCOCC2)c1. The van der Waals surface area contributed by atoms with Crippen molar-refractivity contribution in [3.63, 3.8) is 0 Å². The molecule has 0 radical (unpaired) electrons. The molecule has 1 atom stereocenters. The number of amides is 1. The van der Waals surface area contributed by atoms with Gasteiger partial charge in [-0.3, -0.25) is 4.79 Å². The fourth-order valence-electron chi connectivity index (χ4n) is 3.92. The van der Waals surface area contributed by atoms with Gasteiger partial charge >= 0.3 is 0 Å². The van der Waals surface area contributed by atoms with Crippen LogP contribution in [-0.4, -0.2) is 40.7 Å². The van der Waals surface area contributed by atoms with Gasteiger partial charge in [0.05, 0.1) is 19.7 Å². The zero-order valence-electron chi connectivity index (χ0n) is 15.1. The molecule has 2 aromatic rings. The zero-order chi connectivity index (χ0) is 17.9. The topological polar surface area (TPSA) is 56.6 Å². The maximum Gasteiger partial charge on any atom is 0.223 e. The van der Waals surface area contributed by atoms with Crippen LogP contribution in [0.25, 0.3) is 0 Å². The highest BCUT2D eigenvalue weighted by Gasteiger charge is 2.32. The molecule has 1 aromatic heterocycles. The summed E-state index contributed by atoms with van der Waals surface area (Å²) in [5.74, 6) is 2.39. The fourth-order valence-corrected chi connectivity index (χ4v) is 3.92. The number of rotatable bonds is 4. The van der Waals surface area contributed by atoms with Crippen molar-refractivity contribution < 1.29 is 14.3 Å². The molecule has 0 spiro atoms. The van der Waals surface area contributed by atoms with Gasteiger partial charge in [-0.2, -0.15) is 0 Å². The van der Waals surface area contributed by atoms with Gasteiger partial charge in [0.1, 0.15) is 11.6 Å². The van der Waals surface area contributed by atoms with E-state index in [4.69, 9.17) is 9.47 Å². The third-order valence-electron chi connectivity index (χ3n) is 5.46. The maximum absolute atomic E-state index is 13.2. The number of methoxy groups -OCH3 is 1. The molecule has 0 N–H and O–H groups in total. The van der Waals surface area contributed by atoms with Crippen LogP contribution in [0.2, 0.25) is 0 Å². The normalized spacial score (nSPS) is 20.7. The van der Waals surface area contributed by atoms with E-state index in [2.05, 4.69) is 15.6 Å². The van der Waals surface area contributed by atoms with Gasteiger partial charge in [0.15, 0.2) is 0 Å². The molecule has 26 heavy (non-hydrogen) atoms. The summed E-state index contributed by atoms with van der Waals surface area (Å²) in [7, 11) is 1.67. The fraction of sp³-hybridized carbons (Fsp3) is 0.500. The Labute approximate surface area is 153 Å². The molecular formula is C20H25N3O3. The van der Waals surface area contributed by atoms with Crippen molar-refractivity contribution in [1.82, 2.24) is 14.5 Å². The highest BCUT2D eigenvalue weighted by Crippen LogP contribution is 2.32. The number of imidazole rings is 1. The standard InChI is InChI=1S/C20H25N3O3/c1-25-17-4-2-3-16(12-17)18-13-22-8-7-21-19(22)14-23(18)20(24)11-15-5-9-26-10-6-15/h2-4,7-8,12,15,18H,5-6,9-11,13-14H2,1H3. The van der Waals surface area contributed by atoms with Crippen molar-refractivity contribution >= 4 is 5.91 Å². The molecule has 0 bridgehead atoms. The summed E-state index contributed by atoms with van der Waals surface area (Å²) in [4.78, 5) is 19.6. The highest BCUT2D eigenvalue weighted by molar-refractivity contribution is 5.77. The number of hydrogen-bond donors (Lipinski definition) is 0. The second-order valence-corrected chi connectivity index (χ2v) is 7.07. The van der Waals surface area contributed by atoms with Gasteiger partial charge in [-0.15, -0.1) is 0 Å². The monoisotopic (exact) mass is 355 g/mol. The molecule has 1 saturated heterocycles. The van der Waals surface area contributed by atoms with Gasteiger partial charge in [0, 0.05) is 38.6 Å². The predicted molar refractivity (Wildman–Crippen MR) is 96.7 cm³/mol. The second-order valence-electron chi connectivity index (χ2n) is 7.07. The minimum absolute atomic E-state index is 0.000796. The lowest BCUT2D eigenvalue weighted by molar-refractivity contribution is -0.137. The molecule has 0 aliphatic carbocycles. The zero-order valence-corrected chi connectivity index (χ0v) is 15.1. The number of aromatic nitrogens is 2. The summed E-state index contributed by atoms with van der Waals surface area (Å²) in [6.07, 6.45) is 6.33. The van der Waals surface area contributed by atoms with E-state index < -0.39 is 0 Å². The van der Waals surface area contributed by atoms with Crippen LogP contribution in [0.15, 0.2) is 36.7 Å². The number of nitrogens with zero attached hydrogens (tertiary/aromatic N) is 3. The Morgan fingerprint density at radius 3 is 3.00 bits per heavy atom. The summed E-state index contributed by atoms with van der Waals surface area (Å²) in [5.41, 5.74) is 1.10. The molecule has 4 rings (SSSR count). The predicted octanol–water partition coefficient (Wildman–Crippen LogP) is 2.79. The van der Waals surface area contributed by atoms with Crippen LogP contribution in [-0.2, 0) is 22.6 Å². The molecule has 1 amide bonds. The first-order valence-electron chi connectivity index (χ1n) is 9.26. The number of ether oxygens (including phenoxy) is 2. The van der Waals surface area contributed by atoms with Crippen LogP contribution in [0, 0.1) is 5.92 Å². The van der Waals surface area contributed by atoms with E-state index in [0.717, 1.165) is 49.7 Å². The Kier molecular flexibility index (Phi) is 4.93. The minimum Gasteiger partial charge on any atom is -0.497 e. The molecule has 1 unspecified atom stereocenters. The van der Waals surface area contributed by atoms with Gasteiger partial charge in [-0.1, -0.05) is 12.1 Å². The quantitative estimate of drug-likeness (QED) is 0.846. The Bertz CT molecular complexity index is 767. The van der Waals surface area contributed by atoms with Crippen LogP contribution in [0.5, 0.6) is 5.75 Å². The third-order valence-corrected chi connectivity index (χ3v) is 5.46. The molecule has 138 valence electrons. The molecule has 0 saturated carbocycles. The van der Waals surface area contributed by atoms with E-state index in [1.54, 1.807) is 7.11 Å². The first kappa shape index (κ1) is 17.1. The summed E-state index contributed by atoms with van der Waals surface area (Å²) in [6, 6.07) is 8.02. The minimum atomic E-state index is -0.000796. The van der Waals surface area contributed by atoms with Crippen molar-refractivity contribution in [2.45, 2.75) is 38.4 Å². The summed E-state index contributed by atoms with van der Waals surface area (Å²) >= 11 is 0. The Morgan fingerprint density at radius 2 is 2.19 bits per heavy atom. The number of carbonyl (C=O) groups excluding carboxylic acids is 1. The van der Waals surface area contributed by atoms with Crippen molar-refractivity contribution in [1.29, 1.82) is 0 Å². The average Bonchev–Trinajstić information content (AvgIpc) is 3.15. The molecule has 3 heterocycles. The van der Waals surface area contributed by atoms with Gasteiger partial charge < -0.3 is 18.9 Å². The van der Waals surface area contributed by atoms with E-state index in [1.165, 1.54) is 0 Å². The molecular weight excluding hydrogens is 330 g/mol. The lowest BCUT2D eigenvalue weighted by Crippen LogP contribution is -2.42. The second kappa shape index (κ2) is 7.50. The van der Waals surface area contributed by atoms with Crippen molar-refractivity contribution in [3.05, 3.63) is 48.0 Å². The van der Waals surface area contributed by atoms with E-state index >= 15 is 0 Å². The first-order chi connectivity index (χ1) is 12.7. The molecule has 1 fully saturated rings. The number of hydrogen-bond acceptors (Lipinski definition) is 4. The summed E-state index contributed by atoms with van der Waals surface area (Å²) in [6.45, 7) is 2.81. The Balaban J connectivity index is 1.59. The Morgan fingerprint density at radius 1 is 1.35 bits per heavy atom. The molecule has 2 aliphatic heterocycles. The molecule has 6 nitrogen and oxygen atoms in total. The number of benzene rings is 1. The lowest BCUT2D eigenvalue weighted by Gasteiger charge is -2.37. The Hall–Kier alpha value is -2.34. The van der Waals surface area contributed by atoms with E-state index in [9.17, 15) is 4.79 Å². The van der Waals surface area contributed by atoms with Gasteiger partial charge in [0.25, 0.3) is 0 Å². The van der Waals surface area contributed by atoms with Crippen LogP contribution < -0.4 is 4.74 Å². The molecule has 1 aromatic carbocycles. The largest absolute Gasteiger partial charge is 0.497 e. The smallest absolute Gasteiger partial charge is 0.223 e. The third kappa shape index (κ3) is 3.46. The van der Waals surface area contributed by atoms with E-state index in [-0.39, 0.29) is 11.9 Å². The highest BCUT2D eigenvalue weighted by atomic mass is 16.5. The van der Waals surface area contributed by atoms with Crippen LogP contribution in [0.1, 0.15) is 36.7 Å². The van der Waals surface area contributed by atoms with E-state index in [0.29, 0.717) is 18.9 Å². The van der Waals surface area contributed by atoms with Crippen molar-refractivity contribution in [3.8, 4) is 5.75 Å². The van der Waals surface area contributed by atoms with E-state index in [1.807, 2.05) is 35.5 Å². The van der Waals surface area contributed by atoms with Gasteiger partial charge in [-0.05, 0) is 36.5 Å². The van der Waals surface area contributed by atoms with Gasteiger partial charge in [0.2, 0.25) is 5.91 Å². The van der Waals surface area contributed by atoms with Crippen molar-refractivity contribution in [2.24, 2.45) is 5.92 Å². The molecule has 6 heteroatoms. The van der Waals surface area contributed by atoms with Crippen LogP contribution in [0.4, 0.5) is 0 Å². The van der Waals surface area contributed by atoms with Gasteiger partial charge in [-0.25, -0.2) is 4.98 Å². The van der Waals surface area contributed by atoms with Crippen LogP contribution in [0.3, 0.4) is 0 Å². The summed E-state index contributed by atoms with van der Waals surface area (Å²) < 4.78 is 12.9. The molecule has 2 aliphatic rings. The lowest BCUT2D eigenvalue weighted by atomic mass is 9.94. The number of carbonyl (C=O) groups is 1. The summed E-state index contributed by atoms with van der Waals surface area (Å²) in [5, 5.41) is 0. The van der Waals surface area contributed by atoms with Crippen molar-refractivity contribution in [2.75, 3.05) is 20.3 Å². The number of fused-ring (bicyclic) bond motifs is 1. The van der Waals surface area contributed by atoms with Crippen LogP contribution >= 0.6 is 0 Å².